The summed E-state index contributed by atoms with van der Waals surface area (Å²) in [4.78, 5) is 18.0. The van der Waals surface area contributed by atoms with Gasteiger partial charge in [-0.15, -0.1) is 0 Å². The van der Waals surface area contributed by atoms with Crippen molar-refractivity contribution in [1.82, 2.24) is 10.3 Å². The fraction of sp³-hybridized carbons (Fsp3) is 0.444. The maximum atomic E-state index is 11.7. The summed E-state index contributed by atoms with van der Waals surface area (Å²) >= 11 is 1.28. The summed E-state index contributed by atoms with van der Waals surface area (Å²) in [5, 5.41) is 11.8. The molecule has 0 spiro atoms. The molecular formula is C18H23N3O3S. The number of amides is 1. The van der Waals surface area contributed by atoms with Gasteiger partial charge in [0.2, 0.25) is 5.91 Å². The summed E-state index contributed by atoms with van der Waals surface area (Å²) in [6.07, 6.45) is 9.50. The third-order valence-corrected chi connectivity index (χ3v) is 5.37. The number of ether oxygens (including phenoxy) is 1. The van der Waals surface area contributed by atoms with Crippen molar-refractivity contribution in [3.8, 4) is 0 Å². The molecule has 2 heterocycles. The number of pyridine rings is 1. The van der Waals surface area contributed by atoms with Gasteiger partial charge in [-0.05, 0) is 43.0 Å². The second-order valence-corrected chi connectivity index (χ2v) is 7.43. The predicted molar refractivity (Wildman–Crippen MR) is 98.9 cm³/mol. The Bertz CT molecular complexity index is 650. The van der Waals surface area contributed by atoms with Crippen LogP contribution in [0.2, 0.25) is 0 Å². The van der Waals surface area contributed by atoms with Crippen molar-refractivity contribution in [3.05, 3.63) is 48.4 Å². The summed E-state index contributed by atoms with van der Waals surface area (Å²) < 4.78 is 5.81. The lowest BCUT2D eigenvalue weighted by atomic mass is 9.94. The Labute approximate surface area is 152 Å². The van der Waals surface area contributed by atoms with Crippen molar-refractivity contribution < 1.29 is 14.6 Å². The van der Waals surface area contributed by atoms with E-state index >= 15 is 0 Å². The molecule has 1 aromatic heterocycles. The van der Waals surface area contributed by atoms with Crippen LogP contribution in [-0.4, -0.2) is 47.0 Å². The largest absolute Gasteiger partial charge is 0.492 e. The first-order valence-corrected chi connectivity index (χ1v) is 9.33. The van der Waals surface area contributed by atoms with Gasteiger partial charge in [0.1, 0.15) is 18.2 Å². The second-order valence-electron chi connectivity index (χ2n) is 6.14. The number of aromatic nitrogens is 1. The van der Waals surface area contributed by atoms with Crippen LogP contribution in [0, 0.1) is 5.92 Å². The van der Waals surface area contributed by atoms with Crippen molar-refractivity contribution in [1.29, 1.82) is 0 Å². The number of carbonyl (C=O) groups excluding carboxylic acids is 1. The number of hydrogen-bond donors (Lipinski definition) is 2. The summed E-state index contributed by atoms with van der Waals surface area (Å²) in [7, 11) is 1.99. The maximum absolute atomic E-state index is 11.7. The predicted octanol–water partition coefficient (Wildman–Crippen LogP) is 1.89. The molecule has 3 atom stereocenters. The van der Waals surface area contributed by atoms with Crippen LogP contribution in [0.5, 0.6) is 0 Å². The lowest BCUT2D eigenvalue weighted by Gasteiger charge is -2.21. The van der Waals surface area contributed by atoms with Crippen molar-refractivity contribution in [2.45, 2.75) is 23.7 Å². The van der Waals surface area contributed by atoms with E-state index in [1.54, 1.807) is 6.20 Å². The molecule has 7 heteroatoms. The SMILES string of the molecule is CN(CCOC1=CCC(CC2SC(O)NC2=O)C=C1)c1ccccn1. The minimum absolute atomic E-state index is 0.0746. The maximum Gasteiger partial charge on any atom is 0.235 e. The minimum atomic E-state index is -0.768. The van der Waals surface area contributed by atoms with Crippen molar-refractivity contribution in [3.63, 3.8) is 0 Å². The molecule has 2 N–H and O–H groups in total. The first-order valence-electron chi connectivity index (χ1n) is 8.39. The monoisotopic (exact) mass is 361 g/mol. The van der Waals surface area contributed by atoms with E-state index in [4.69, 9.17) is 4.74 Å². The Hall–Kier alpha value is -1.99. The van der Waals surface area contributed by atoms with Gasteiger partial charge in [0.15, 0.2) is 5.56 Å². The number of likely N-dealkylation sites (N-methyl/N-ethyl adjacent to an activating group) is 1. The van der Waals surface area contributed by atoms with E-state index in [9.17, 15) is 9.90 Å². The van der Waals surface area contributed by atoms with Crippen LogP contribution in [0.4, 0.5) is 5.82 Å². The van der Waals surface area contributed by atoms with Gasteiger partial charge in [-0.3, -0.25) is 4.79 Å². The van der Waals surface area contributed by atoms with Gasteiger partial charge in [0, 0.05) is 13.2 Å². The number of rotatable bonds is 7. The minimum Gasteiger partial charge on any atom is -0.492 e. The zero-order chi connectivity index (χ0) is 17.6. The van der Waals surface area contributed by atoms with Gasteiger partial charge in [0.05, 0.1) is 11.8 Å². The molecule has 1 aliphatic carbocycles. The van der Waals surface area contributed by atoms with Crippen LogP contribution in [0.25, 0.3) is 0 Å². The van der Waals surface area contributed by atoms with E-state index in [0.717, 1.165) is 31.0 Å². The molecular weight excluding hydrogens is 338 g/mol. The lowest BCUT2D eigenvalue weighted by Crippen LogP contribution is -2.28. The summed E-state index contributed by atoms with van der Waals surface area (Å²) in [6.45, 7) is 1.34. The summed E-state index contributed by atoms with van der Waals surface area (Å²) in [6, 6.07) is 5.84. The van der Waals surface area contributed by atoms with Crippen LogP contribution < -0.4 is 10.2 Å². The number of aliphatic hydroxyl groups excluding tert-OH is 1. The molecule has 1 saturated heterocycles. The molecule has 0 bridgehead atoms. The average Bonchev–Trinajstić information content (AvgIpc) is 2.94. The van der Waals surface area contributed by atoms with Gasteiger partial charge >= 0.3 is 0 Å². The quantitative estimate of drug-likeness (QED) is 0.773. The molecule has 1 aromatic rings. The highest BCUT2D eigenvalue weighted by molar-refractivity contribution is 8.01. The number of aliphatic hydroxyl groups is 1. The molecule has 25 heavy (non-hydrogen) atoms. The molecule has 2 aliphatic rings. The molecule has 6 nitrogen and oxygen atoms in total. The third kappa shape index (κ3) is 4.99. The van der Waals surface area contributed by atoms with Gasteiger partial charge in [0.25, 0.3) is 0 Å². The van der Waals surface area contributed by atoms with Gasteiger partial charge in [-0.1, -0.05) is 23.9 Å². The van der Waals surface area contributed by atoms with E-state index in [0.29, 0.717) is 12.5 Å². The summed E-state index contributed by atoms with van der Waals surface area (Å²) in [5.74, 6) is 2.02. The van der Waals surface area contributed by atoms with Crippen LogP contribution in [0.3, 0.4) is 0 Å². The first kappa shape index (κ1) is 17.8. The zero-order valence-electron chi connectivity index (χ0n) is 14.2. The van der Waals surface area contributed by atoms with E-state index in [1.807, 2.05) is 31.3 Å². The molecule has 0 aromatic carbocycles. The van der Waals surface area contributed by atoms with Crippen molar-refractivity contribution >= 4 is 23.5 Å². The number of nitrogens with zero attached hydrogens (tertiary/aromatic N) is 2. The molecule has 1 amide bonds. The average molecular weight is 361 g/mol. The van der Waals surface area contributed by atoms with Crippen molar-refractivity contribution in [2.24, 2.45) is 5.92 Å². The number of carbonyl (C=O) groups is 1. The third-order valence-electron chi connectivity index (χ3n) is 4.26. The van der Waals surface area contributed by atoms with Crippen LogP contribution in [0.1, 0.15) is 12.8 Å². The lowest BCUT2D eigenvalue weighted by molar-refractivity contribution is -0.121. The van der Waals surface area contributed by atoms with E-state index < -0.39 is 5.56 Å². The number of hydrogen-bond acceptors (Lipinski definition) is 6. The Morgan fingerprint density at radius 1 is 1.48 bits per heavy atom. The molecule has 0 radical (unpaired) electrons. The van der Waals surface area contributed by atoms with Crippen LogP contribution in [-0.2, 0) is 9.53 Å². The van der Waals surface area contributed by atoms with Crippen LogP contribution >= 0.6 is 11.8 Å². The number of nitrogens with one attached hydrogen (secondary N) is 1. The molecule has 3 rings (SSSR count). The standard InChI is InChI=1S/C18H23N3O3S/c1-21(16-4-2-3-9-19-16)10-11-24-14-7-5-13(6-8-14)12-15-17(22)20-18(23)25-15/h2-5,7-9,13,15,18,23H,6,10-12H2,1H3,(H,20,22). The molecule has 1 fully saturated rings. The molecule has 1 aliphatic heterocycles. The Balaban J connectivity index is 1.39. The Morgan fingerprint density at radius 2 is 2.36 bits per heavy atom. The highest BCUT2D eigenvalue weighted by Crippen LogP contribution is 2.31. The highest BCUT2D eigenvalue weighted by atomic mass is 32.2. The smallest absolute Gasteiger partial charge is 0.235 e. The van der Waals surface area contributed by atoms with Crippen molar-refractivity contribution in [2.75, 3.05) is 25.1 Å². The van der Waals surface area contributed by atoms with Gasteiger partial charge in [-0.2, -0.15) is 0 Å². The Kier molecular flexibility index (Phi) is 5.99. The van der Waals surface area contributed by atoms with E-state index in [-0.39, 0.29) is 11.2 Å². The highest BCUT2D eigenvalue weighted by Gasteiger charge is 2.32. The number of anilines is 1. The molecule has 0 saturated carbocycles. The van der Waals surface area contributed by atoms with Gasteiger partial charge in [-0.25, -0.2) is 4.98 Å². The molecule has 3 unspecified atom stereocenters. The number of allylic oxidation sites excluding steroid dienone is 3. The first-order chi connectivity index (χ1) is 12.1. The fourth-order valence-electron chi connectivity index (χ4n) is 2.83. The number of thioether (sulfide) groups is 1. The van der Waals surface area contributed by atoms with E-state index in [2.05, 4.69) is 27.4 Å². The fourth-order valence-corrected chi connectivity index (χ4v) is 3.87. The van der Waals surface area contributed by atoms with Gasteiger partial charge < -0.3 is 20.1 Å². The van der Waals surface area contributed by atoms with Crippen LogP contribution in [0.15, 0.2) is 48.4 Å². The topological polar surface area (TPSA) is 74.7 Å². The zero-order valence-corrected chi connectivity index (χ0v) is 15.0. The Morgan fingerprint density at radius 3 is 3.00 bits per heavy atom. The van der Waals surface area contributed by atoms with E-state index in [1.165, 1.54) is 11.8 Å². The normalized spacial score (nSPS) is 25.4. The second kappa shape index (κ2) is 8.40. The summed E-state index contributed by atoms with van der Waals surface area (Å²) in [5.41, 5.74) is -0.768. The molecule has 134 valence electrons.